The zero-order chi connectivity index (χ0) is 11.3. The molecule has 82 valence electrons. The number of unbranched alkanes of at least 4 members (excludes halogenated alkanes) is 1. The van der Waals surface area contributed by atoms with Gasteiger partial charge in [-0.05, 0) is 66.3 Å². The van der Waals surface area contributed by atoms with Crippen LogP contribution in [0.15, 0.2) is 24.9 Å². The lowest BCUT2D eigenvalue weighted by molar-refractivity contribution is 0.634. The number of aryl methyl sites for hydroxylation is 1. The molecule has 1 nitrogen and oxygen atoms in total. The standard InChI is InChI=1S/C13H18IN/c1-4-5-6-7-10(2)13-8-12(14)9-15-11(13)3/h4,8-10H,1,5-7H2,2-3H3. The average Bonchev–Trinajstić information content (AvgIpc) is 2.22. The molecule has 1 unspecified atom stereocenters. The summed E-state index contributed by atoms with van der Waals surface area (Å²) in [5.74, 6) is 0.604. The summed E-state index contributed by atoms with van der Waals surface area (Å²) in [5.41, 5.74) is 2.56. The zero-order valence-electron chi connectivity index (χ0n) is 9.46. The summed E-state index contributed by atoms with van der Waals surface area (Å²) in [6, 6.07) is 2.25. The van der Waals surface area contributed by atoms with Crippen molar-refractivity contribution >= 4 is 22.6 Å². The molecule has 2 heteroatoms. The molecule has 0 saturated carbocycles. The van der Waals surface area contributed by atoms with Crippen molar-refractivity contribution in [3.8, 4) is 0 Å². The van der Waals surface area contributed by atoms with Gasteiger partial charge in [-0.2, -0.15) is 0 Å². The molecule has 1 aromatic heterocycles. The van der Waals surface area contributed by atoms with Crippen LogP contribution in [0.2, 0.25) is 0 Å². The van der Waals surface area contributed by atoms with Gasteiger partial charge in [0, 0.05) is 15.5 Å². The first-order valence-electron chi connectivity index (χ1n) is 5.38. The van der Waals surface area contributed by atoms with Crippen molar-refractivity contribution in [2.45, 2.75) is 39.0 Å². The van der Waals surface area contributed by atoms with Crippen molar-refractivity contribution in [3.63, 3.8) is 0 Å². The number of halogens is 1. The number of rotatable bonds is 5. The van der Waals surface area contributed by atoms with Gasteiger partial charge < -0.3 is 0 Å². The third-order valence-electron chi connectivity index (χ3n) is 2.67. The van der Waals surface area contributed by atoms with Crippen LogP contribution in [-0.4, -0.2) is 4.98 Å². The number of hydrogen-bond acceptors (Lipinski definition) is 1. The van der Waals surface area contributed by atoms with Gasteiger partial charge in [0.15, 0.2) is 0 Å². The highest BCUT2D eigenvalue weighted by Crippen LogP contribution is 2.24. The molecule has 0 aliphatic heterocycles. The first-order valence-corrected chi connectivity index (χ1v) is 6.46. The lowest BCUT2D eigenvalue weighted by Gasteiger charge is -2.13. The van der Waals surface area contributed by atoms with E-state index in [9.17, 15) is 0 Å². The highest BCUT2D eigenvalue weighted by Gasteiger charge is 2.09. The molecule has 1 atom stereocenters. The second-order valence-corrected chi connectivity index (χ2v) is 5.19. The Bertz CT molecular complexity index is 333. The fourth-order valence-electron chi connectivity index (χ4n) is 1.75. The monoisotopic (exact) mass is 315 g/mol. The third kappa shape index (κ3) is 3.93. The molecule has 1 heterocycles. The predicted molar refractivity (Wildman–Crippen MR) is 74.2 cm³/mol. The first-order chi connectivity index (χ1) is 7.15. The van der Waals surface area contributed by atoms with Crippen LogP contribution in [0.3, 0.4) is 0 Å². The van der Waals surface area contributed by atoms with Gasteiger partial charge in [0.2, 0.25) is 0 Å². The van der Waals surface area contributed by atoms with Crippen LogP contribution in [-0.2, 0) is 0 Å². The van der Waals surface area contributed by atoms with Gasteiger partial charge in [-0.1, -0.05) is 13.0 Å². The molecule has 0 saturated heterocycles. The number of hydrogen-bond donors (Lipinski definition) is 0. The van der Waals surface area contributed by atoms with Crippen LogP contribution in [0.4, 0.5) is 0 Å². The number of aromatic nitrogens is 1. The summed E-state index contributed by atoms with van der Waals surface area (Å²) >= 11 is 2.32. The number of nitrogens with zero attached hydrogens (tertiary/aromatic N) is 1. The van der Waals surface area contributed by atoms with Crippen molar-refractivity contribution in [3.05, 3.63) is 39.7 Å². The normalized spacial score (nSPS) is 12.5. The van der Waals surface area contributed by atoms with Gasteiger partial charge in [0.05, 0.1) is 0 Å². The molecule has 0 bridgehead atoms. The van der Waals surface area contributed by atoms with E-state index in [1.165, 1.54) is 27.7 Å². The Morgan fingerprint density at radius 1 is 1.60 bits per heavy atom. The van der Waals surface area contributed by atoms with E-state index < -0.39 is 0 Å². The van der Waals surface area contributed by atoms with Crippen LogP contribution >= 0.6 is 22.6 Å². The number of allylic oxidation sites excluding steroid dienone is 1. The van der Waals surface area contributed by atoms with E-state index in [4.69, 9.17) is 0 Å². The van der Waals surface area contributed by atoms with Crippen molar-refractivity contribution in [1.82, 2.24) is 4.98 Å². The minimum atomic E-state index is 0.604. The summed E-state index contributed by atoms with van der Waals surface area (Å²) < 4.78 is 1.23. The molecule has 0 aromatic carbocycles. The maximum absolute atomic E-state index is 4.40. The summed E-state index contributed by atoms with van der Waals surface area (Å²) in [5, 5.41) is 0. The largest absolute Gasteiger partial charge is 0.260 e. The van der Waals surface area contributed by atoms with Gasteiger partial charge in [0.1, 0.15) is 0 Å². The Labute approximate surface area is 106 Å². The summed E-state index contributed by atoms with van der Waals surface area (Å²) in [7, 11) is 0. The predicted octanol–water partition coefficient (Wildman–Crippen LogP) is 4.45. The molecule has 0 N–H and O–H groups in total. The maximum atomic E-state index is 4.40. The molecule has 0 amide bonds. The van der Waals surface area contributed by atoms with Crippen LogP contribution in [0.25, 0.3) is 0 Å². The van der Waals surface area contributed by atoms with E-state index in [1.807, 2.05) is 12.3 Å². The number of pyridine rings is 1. The maximum Gasteiger partial charge on any atom is 0.0408 e. The van der Waals surface area contributed by atoms with Gasteiger partial charge in [-0.25, -0.2) is 0 Å². The minimum Gasteiger partial charge on any atom is -0.260 e. The second-order valence-electron chi connectivity index (χ2n) is 3.95. The molecule has 1 aromatic rings. The van der Waals surface area contributed by atoms with Crippen molar-refractivity contribution in [1.29, 1.82) is 0 Å². The van der Waals surface area contributed by atoms with Crippen LogP contribution < -0.4 is 0 Å². The minimum absolute atomic E-state index is 0.604. The Hall–Kier alpha value is -0.380. The Morgan fingerprint density at radius 2 is 2.33 bits per heavy atom. The third-order valence-corrected chi connectivity index (χ3v) is 3.26. The molecular formula is C13H18IN. The van der Waals surface area contributed by atoms with Crippen LogP contribution in [0, 0.1) is 10.5 Å². The summed E-state index contributed by atoms with van der Waals surface area (Å²) in [6.07, 6.45) is 7.47. The molecule has 0 spiro atoms. The van der Waals surface area contributed by atoms with E-state index in [2.05, 4.69) is 54.1 Å². The highest BCUT2D eigenvalue weighted by molar-refractivity contribution is 14.1. The average molecular weight is 315 g/mol. The lowest BCUT2D eigenvalue weighted by Crippen LogP contribution is -1.99. The van der Waals surface area contributed by atoms with Gasteiger partial charge in [0.25, 0.3) is 0 Å². The summed E-state index contributed by atoms with van der Waals surface area (Å²) in [4.78, 5) is 4.40. The molecule has 0 fully saturated rings. The Balaban J connectivity index is 2.67. The van der Waals surface area contributed by atoms with Crippen LogP contribution in [0.1, 0.15) is 43.4 Å². The Morgan fingerprint density at radius 3 is 3.00 bits per heavy atom. The van der Waals surface area contributed by atoms with E-state index in [0.717, 1.165) is 6.42 Å². The van der Waals surface area contributed by atoms with Gasteiger partial charge >= 0.3 is 0 Å². The second kappa shape index (κ2) is 6.26. The van der Waals surface area contributed by atoms with Crippen molar-refractivity contribution in [2.75, 3.05) is 0 Å². The molecule has 0 aliphatic carbocycles. The van der Waals surface area contributed by atoms with Crippen molar-refractivity contribution in [2.24, 2.45) is 0 Å². The lowest BCUT2D eigenvalue weighted by atomic mass is 9.94. The first kappa shape index (κ1) is 12.7. The SMILES string of the molecule is C=CCCCC(C)c1cc(I)cnc1C. The molecule has 15 heavy (non-hydrogen) atoms. The van der Waals surface area contributed by atoms with Crippen LogP contribution in [0.5, 0.6) is 0 Å². The van der Waals surface area contributed by atoms with E-state index in [1.54, 1.807) is 0 Å². The quantitative estimate of drug-likeness (QED) is 0.444. The highest BCUT2D eigenvalue weighted by atomic mass is 127. The van der Waals surface area contributed by atoms with E-state index in [-0.39, 0.29) is 0 Å². The van der Waals surface area contributed by atoms with Gasteiger partial charge in [-0.15, -0.1) is 6.58 Å². The van der Waals surface area contributed by atoms with Gasteiger partial charge in [-0.3, -0.25) is 4.98 Å². The molecule has 0 radical (unpaired) electrons. The van der Waals surface area contributed by atoms with E-state index >= 15 is 0 Å². The molecule has 0 aliphatic rings. The molecular weight excluding hydrogens is 297 g/mol. The topological polar surface area (TPSA) is 12.9 Å². The fourth-order valence-corrected chi connectivity index (χ4v) is 2.22. The van der Waals surface area contributed by atoms with E-state index in [0.29, 0.717) is 5.92 Å². The Kier molecular flexibility index (Phi) is 5.29. The van der Waals surface area contributed by atoms with Crippen molar-refractivity contribution < 1.29 is 0 Å². The zero-order valence-corrected chi connectivity index (χ0v) is 11.6. The fraction of sp³-hybridized carbons (Fsp3) is 0.462. The molecule has 1 rings (SSSR count). The smallest absolute Gasteiger partial charge is 0.0408 e. The summed E-state index contributed by atoms with van der Waals surface area (Å²) in [6.45, 7) is 8.12.